The van der Waals surface area contributed by atoms with Crippen LogP contribution in [0.3, 0.4) is 0 Å². The molecule has 1 unspecified atom stereocenters. The van der Waals surface area contributed by atoms with Gasteiger partial charge in [-0.1, -0.05) is 12.1 Å². The quantitative estimate of drug-likeness (QED) is 0.765. The summed E-state index contributed by atoms with van der Waals surface area (Å²) in [4.78, 5) is 25.4. The van der Waals surface area contributed by atoms with Gasteiger partial charge in [-0.05, 0) is 31.0 Å². The van der Waals surface area contributed by atoms with E-state index in [1.165, 1.54) is 0 Å². The predicted molar refractivity (Wildman–Crippen MR) is 95.6 cm³/mol. The number of sulfonamides is 1. The number of aryl methyl sites for hydroxylation is 1. The van der Waals surface area contributed by atoms with Crippen LogP contribution in [-0.4, -0.2) is 79.8 Å². The number of ether oxygens (including phenoxy) is 1. The molecule has 9 heteroatoms. The number of carboxylic acid groups (broad SMARTS) is 1. The van der Waals surface area contributed by atoms with E-state index in [1.807, 2.05) is 26.0 Å². The first kappa shape index (κ1) is 20.3. The second kappa shape index (κ2) is 8.15. The third kappa shape index (κ3) is 5.03. The van der Waals surface area contributed by atoms with Gasteiger partial charge in [-0.2, -0.15) is 4.31 Å². The lowest BCUT2D eigenvalue weighted by Gasteiger charge is -2.35. The van der Waals surface area contributed by atoms with Crippen LogP contribution < -0.4 is 0 Å². The van der Waals surface area contributed by atoms with Crippen LogP contribution in [0.4, 0.5) is 0 Å². The van der Waals surface area contributed by atoms with Gasteiger partial charge in [-0.15, -0.1) is 0 Å². The van der Waals surface area contributed by atoms with Crippen LogP contribution >= 0.6 is 0 Å². The van der Waals surface area contributed by atoms with Gasteiger partial charge in [0.15, 0.2) is 0 Å². The summed E-state index contributed by atoms with van der Waals surface area (Å²) in [5.41, 5.74) is 2.53. The van der Waals surface area contributed by atoms with Crippen molar-refractivity contribution in [1.82, 2.24) is 9.21 Å². The number of nitrogens with zero attached hydrogens (tertiary/aromatic N) is 2. The SMILES string of the molecule is Cc1cccc(C(=O)N2CCOC(CN(CC(=O)O)S(C)(=O)=O)C2)c1C. The molecule has 1 aliphatic rings. The highest BCUT2D eigenvalue weighted by Gasteiger charge is 2.30. The highest BCUT2D eigenvalue weighted by Crippen LogP contribution is 2.17. The molecule has 0 saturated carbocycles. The molecule has 1 N–H and O–H groups in total. The van der Waals surface area contributed by atoms with Crippen LogP contribution in [-0.2, 0) is 19.6 Å². The number of aliphatic carboxylic acids is 1. The Morgan fingerprint density at radius 1 is 1.35 bits per heavy atom. The van der Waals surface area contributed by atoms with Crippen molar-refractivity contribution >= 4 is 21.9 Å². The molecule has 0 bridgehead atoms. The zero-order valence-corrected chi connectivity index (χ0v) is 16.0. The van der Waals surface area contributed by atoms with E-state index in [1.54, 1.807) is 11.0 Å². The molecular formula is C17H24N2O6S. The molecule has 144 valence electrons. The maximum absolute atomic E-state index is 12.8. The van der Waals surface area contributed by atoms with Crippen molar-refractivity contribution in [3.05, 3.63) is 34.9 Å². The lowest BCUT2D eigenvalue weighted by Crippen LogP contribution is -2.51. The number of morpholine rings is 1. The number of carbonyl (C=O) groups is 2. The normalized spacial score (nSPS) is 18.2. The first-order chi connectivity index (χ1) is 12.1. The molecular weight excluding hydrogens is 360 g/mol. The summed E-state index contributed by atoms with van der Waals surface area (Å²) in [7, 11) is -3.69. The summed E-state index contributed by atoms with van der Waals surface area (Å²) in [6.45, 7) is 3.96. The zero-order chi connectivity index (χ0) is 19.5. The van der Waals surface area contributed by atoms with Crippen molar-refractivity contribution in [2.24, 2.45) is 0 Å². The topological polar surface area (TPSA) is 104 Å². The van der Waals surface area contributed by atoms with Gasteiger partial charge >= 0.3 is 5.97 Å². The van der Waals surface area contributed by atoms with Crippen molar-refractivity contribution in [3.8, 4) is 0 Å². The Bertz CT molecular complexity index is 792. The fraction of sp³-hybridized carbons (Fsp3) is 0.529. The molecule has 1 aromatic carbocycles. The summed E-state index contributed by atoms with van der Waals surface area (Å²) in [5.74, 6) is -1.38. The average molecular weight is 384 g/mol. The number of carbonyl (C=O) groups excluding carboxylic acids is 1. The van der Waals surface area contributed by atoms with Gasteiger partial charge in [-0.25, -0.2) is 8.42 Å². The van der Waals surface area contributed by atoms with Gasteiger partial charge in [0.05, 0.1) is 19.0 Å². The van der Waals surface area contributed by atoms with E-state index in [0.717, 1.165) is 21.7 Å². The highest BCUT2D eigenvalue weighted by atomic mass is 32.2. The van der Waals surface area contributed by atoms with E-state index < -0.39 is 28.6 Å². The first-order valence-corrected chi connectivity index (χ1v) is 10.1. The summed E-state index contributed by atoms with van der Waals surface area (Å²) >= 11 is 0. The van der Waals surface area contributed by atoms with Crippen molar-refractivity contribution in [1.29, 1.82) is 0 Å². The van der Waals surface area contributed by atoms with Crippen molar-refractivity contribution in [3.63, 3.8) is 0 Å². The van der Waals surface area contributed by atoms with Crippen LogP contribution in [0.25, 0.3) is 0 Å². The third-order valence-corrected chi connectivity index (χ3v) is 5.67. The van der Waals surface area contributed by atoms with Gasteiger partial charge in [0.1, 0.15) is 6.54 Å². The molecule has 1 aromatic rings. The Morgan fingerprint density at radius 2 is 2.04 bits per heavy atom. The van der Waals surface area contributed by atoms with Crippen LogP contribution in [0.15, 0.2) is 18.2 Å². The molecule has 0 aromatic heterocycles. The van der Waals surface area contributed by atoms with E-state index in [4.69, 9.17) is 9.84 Å². The summed E-state index contributed by atoms with van der Waals surface area (Å²) < 4.78 is 30.0. The molecule has 2 rings (SSSR count). The summed E-state index contributed by atoms with van der Waals surface area (Å²) in [6.07, 6.45) is 0.379. The monoisotopic (exact) mass is 384 g/mol. The minimum Gasteiger partial charge on any atom is -0.480 e. The fourth-order valence-electron chi connectivity index (χ4n) is 2.86. The maximum atomic E-state index is 12.8. The highest BCUT2D eigenvalue weighted by molar-refractivity contribution is 7.88. The summed E-state index contributed by atoms with van der Waals surface area (Å²) in [6, 6.07) is 5.53. The number of hydrogen-bond acceptors (Lipinski definition) is 5. The largest absolute Gasteiger partial charge is 0.480 e. The Balaban J connectivity index is 2.12. The third-order valence-electron chi connectivity index (χ3n) is 4.45. The van der Waals surface area contributed by atoms with Gasteiger partial charge < -0.3 is 14.7 Å². The molecule has 1 heterocycles. The molecule has 26 heavy (non-hydrogen) atoms. The lowest BCUT2D eigenvalue weighted by molar-refractivity contribution is -0.137. The van der Waals surface area contributed by atoms with E-state index >= 15 is 0 Å². The van der Waals surface area contributed by atoms with Gasteiger partial charge in [0.2, 0.25) is 10.0 Å². The molecule has 1 amide bonds. The number of benzene rings is 1. The maximum Gasteiger partial charge on any atom is 0.318 e. The number of carboxylic acids is 1. The van der Waals surface area contributed by atoms with E-state index in [0.29, 0.717) is 12.1 Å². The number of hydrogen-bond donors (Lipinski definition) is 1. The molecule has 1 aliphatic heterocycles. The molecule has 8 nitrogen and oxygen atoms in total. The van der Waals surface area contributed by atoms with Crippen LogP contribution in [0, 0.1) is 13.8 Å². The Labute approximate surface area is 153 Å². The van der Waals surface area contributed by atoms with Crippen molar-refractivity contribution in [2.45, 2.75) is 20.0 Å². The van der Waals surface area contributed by atoms with E-state index in [2.05, 4.69) is 0 Å². The second-order valence-corrected chi connectivity index (χ2v) is 8.42. The number of rotatable bonds is 6. The van der Waals surface area contributed by atoms with Crippen molar-refractivity contribution in [2.75, 3.05) is 39.0 Å². The molecule has 1 saturated heterocycles. The average Bonchev–Trinajstić information content (AvgIpc) is 2.55. The lowest BCUT2D eigenvalue weighted by atomic mass is 10.0. The molecule has 0 radical (unpaired) electrons. The fourth-order valence-corrected chi connectivity index (χ4v) is 3.64. The molecule has 1 fully saturated rings. The van der Waals surface area contributed by atoms with Gasteiger partial charge in [-0.3, -0.25) is 9.59 Å². The standard InChI is InChI=1S/C17H24N2O6S/c1-12-5-4-6-15(13(12)2)17(22)18-7-8-25-14(9-18)10-19(11-16(20)21)26(3,23)24/h4-6,14H,7-11H2,1-3H3,(H,20,21). The zero-order valence-electron chi connectivity index (χ0n) is 15.1. The second-order valence-electron chi connectivity index (χ2n) is 6.44. The van der Waals surface area contributed by atoms with E-state index in [-0.39, 0.29) is 25.6 Å². The minimum absolute atomic E-state index is 0.109. The summed E-state index contributed by atoms with van der Waals surface area (Å²) in [5, 5.41) is 8.91. The minimum atomic E-state index is -3.69. The predicted octanol–water partition coefficient (Wildman–Crippen LogP) is 0.491. The number of amides is 1. The Morgan fingerprint density at radius 3 is 2.65 bits per heavy atom. The van der Waals surface area contributed by atoms with Crippen LogP contribution in [0.5, 0.6) is 0 Å². The molecule has 0 aliphatic carbocycles. The smallest absolute Gasteiger partial charge is 0.318 e. The first-order valence-electron chi connectivity index (χ1n) is 8.23. The van der Waals surface area contributed by atoms with E-state index in [9.17, 15) is 18.0 Å². The van der Waals surface area contributed by atoms with Crippen molar-refractivity contribution < 1.29 is 27.9 Å². The van der Waals surface area contributed by atoms with Gasteiger partial charge in [0, 0.05) is 25.2 Å². The van der Waals surface area contributed by atoms with Crippen LogP contribution in [0.2, 0.25) is 0 Å². The van der Waals surface area contributed by atoms with Crippen LogP contribution in [0.1, 0.15) is 21.5 Å². The Hall–Kier alpha value is -1.97. The Kier molecular flexibility index (Phi) is 6.38. The molecule has 0 spiro atoms. The van der Waals surface area contributed by atoms with Gasteiger partial charge in [0.25, 0.3) is 5.91 Å². The molecule has 1 atom stereocenters.